The number of alkyl halides is 1. The molecule has 31 heavy (non-hydrogen) atoms. The van der Waals surface area contributed by atoms with Gasteiger partial charge >= 0.3 is 0 Å². The van der Waals surface area contributed by atoms with Crippen molar-refractivity contribution in [2.24, 2.45) is 0 Å². The van der Waals surface area contributed by atoms with E-state index in [-0.39, 0.29) is 18.3 Å². The van der Waals surface area contributed by atoms with Crippen molar-refractivity contribution < 1.29 is 18.4 Å². The van der Waals surface area contributed by atoms with Crippen molar-refractivity contribution in [1.29, 1.82) is 0 Å². The SMILES string of the molecule is O=C(NCc1ccc(F)cc1)C1c2ccccc2C(=O)N1C(CF)Cc1ccccc1. The number of nitrogens with zero attached hydrogens (tertiary/aromatic N) is 1. The minimum Gasteiger partial charge on any atom is -0.350 e. The molecule has 3 aromatic carbocycles. The van der Waals surface area contributed by atoms with Crippen LogP contribution in [0.25, 0.3) is 0 Å². The number of carbonyl (C=O) groups excluding carboxylic acids is 2. The van der Waals surface area contributed by atoms with Gasteiger partial charge in [-0.15, -0.1) is 0 Å². The Morgan fingerprint density at radius 2 is 1.61 bits per heavy atom. The van der Waals surface area contributed by atoms with E-state index in [2.05, 4.69) is 5.32 Å². The van der Waals surface area contributed by atoms with Gasteiger partial charge in [0, 0.05) is 12.1 Å². The van der Waals surface area contributed by atoms with E-state index in [1.54, 1.807) is 36.4 Å². The Hall–Kier alpha value is -3.54. The fourth-order valence-corrected chi connectivity index (χ4v) is 3.98. The standard InChI is InChI=1S/C25H22F2N2O2/c26-15-20(14-17-6-2-1-3-7-17)29-23(21-8-4-5-9-22(21)25(29)31)24(30)28-16-18-10-12-19(27)13-11-18/h1-13,20,23H,14-16H2,(H,28,30). The summed E-state index contributed by atoms with van der Waals surface area (Å²) >= 11 is 0. The van der Waals surface area contributed by atoms with Gasteiger partial charge in [0.2, 0.25) is 5.91 Å². The molecule has 0 radical (unpaired) electrons. The summed E-state index contributed by atoms with van der Waals surface area (Å²) in [6.07, 6.45) is 0.304. The third kappa shape index (κ3) is 4.33. The molecule has 3 aromatic rings. The zero-order valence-electron chi connectivity index (χ0n) is 16.8. The van der Waals surface area contributed by atoms with Gasteiger partial charge in [0.25, 0.3) is 5.91 Å². The maximum absolute atomic E-state index is 14.2. The van der Waals surface area contributed by atoms with Gasteiger partial charge in [-0.05, 0) is 41.3 Å². The minimum atomic E-state index is -0.923. The lowest BCUT2D eigenvalue weighted by atomic mass is 10.0. The normalized spacial score (nSPS) is 16.1. The van der Waals surface area contributed by atoms with Crippen LogP contribution in [0.4, 0.5) is 8.78 Å². The number of halogens is 2. The van der Waals surface area contributed by atoms with Gasteiger partial charge < -0.3 is 10.2 Å². The Labute approximate surface area is 179 Å². The first kappa shape index (κ1) is 20.7. The predicted molar refractivity (Wildman–Crippen MR) is 114 cm³/mol. The van der Waals surface area contributed by atoms with Crippen LogP contribution >= 0.6 is 0 Å². The summed E-state index contributed by atoms with van der Waals surface area (Å²) in [5.41, 5.74) is 2.59. The van der Waals surface area contributed by atoms with Crippen LogP contribution in [0.5, 0.6) is 0 Å². The first-order valence-electron chi connectivity index (χ1n) is 10.1. The lowest BCUT2D eigenvalue weighted by Gasteiger charge is -2.31. The molecular formula is C25H22F2N2O2. The Bertz CT molecular complexity index is 1070. The fraction of sp³-hybridized carbons (Fsp3) is 0.200. The summed E-state index contributed by atoms with van der Waals surface area (Å²) in [5.74, 6) is -1.10. The highest BCUT2D eigenvalue weighted by Crippen LogP contribution is 2.36. The molecule has 0 saturated carbocycles. The van der Waals surface area contributed by atoms with Gasteiger partial charge in [0.1, 0.15) is 18.5 Å². The zero-order chi connectivity index (χ0) is 21.8. The molecule has 0 bridgehead atoms. The van der Waals surface area contributed by atoms with Crippen LogP contribution in [0.3, 0.4) is 0 Å². The molecule has 158 valence electrons. The summed E-state index contributed by atoms with van der Waals surface area (Å²) in [6.45, 7) is -0.588. The quantitative estimate of drug-likeness (QED) is 0.622. The molecule has 4 rings (SSSR count). The van der Waals surface area contributed by atoms with Crippen molar-refractivity contribution in [2.45, 2.75) is 25.0 Å². The van der Waals surface area contributed by atoms with Crippen LogP contribution in [-0.2, 0) is 17.8 Å². The molecule has 2 atom stereocenters. The first-order valence-corrected chi connectivity index (χ1v) is 10.1. The minimum absolute atomic E-state index is 0.179. The molecule has 6 heteroatoms. The fourth-order valence-electron chi connectivity index (χ4n) is 3.98. The third-order valence-electron chi connectivity index (χ3n) is 5.51. The Kier molecular flexibility index (Phi) is 6.07. The monoisotopic (exact) mass is 420 g/mol. The molecule has 2 unspecified atom stereocenters. The number of hydrogen-bond donors (Lipinski definition) is 1. The predicted octanol–water partition coefficient (Wildman–Crippen LogP) is 4.22. The number of carbonyl (C=O) groups is 2. The van der Waals surface area contributed by atoms with Gasteiger partial charge in [-0.25, -0.2) is 8.78 Å². The van der Waals surface area contributed by atoms with Crippen molar-refractivity contribution in [3.05, 3.63) is 107 Å². The molecule has 0 saturated heterocycles. The number of amides is 2. The summed E-state index contributed by atoms with van der Waals surface area (Å²) in [6, 6.07) is 20.3. The highest BCUT2D eigenvalue weighted by atomic mass is 19.1. The molecule has 1 aliphatic rings. The van der Waals surface area contributed by atoms with Gasteiger partial charge in [0.05, 0.1) is 6.04 Å². The van der Waals surface area contributed by atoms with Crippen LogP contribution in [-0.4, -0.2) is 29.4 Å². The van der Waals surface area contributed by atoms with Crippen LogP contribution in [0.1, 0.15) is 33.1 Å². The lowest BCUT2D eigenvalue weighted by Crippen LogP contribution is -2.46. The Morgan fingerprint density at radius 1 is 0.935 bits per heavy atom. The molecule has 1 aliphatic heterocycles. The Morgan fingerprint density at radius 3 is 2.32 bits per heavy atom. The zero-order valence-corrected chi connectivity index (χ0v) is 16.8. The molecule has 0 aliphatic carbocycles. The van der Waals surface area contributed by atoms with Crippen LogP contribution in [0.2, 0.25) is 0 Å². The van der Waals surface area contributed by atoms with E-state index in [1.807, 2.05) is 30.3 Å². The van der Waals surface area contributed by atoms with Gasteiger partial charge in [-0.1, -0.05) is 60.7 Å². The maximum atomic E-state index is 14.2. The van der Waals surface area contributed by atoms with E-state index in [0.717, 1.165) is 11.1 Å². The second-order valence-electron chi connectivity index (χ2n) is 7.54. The smallest absolute Gasteiger partial charge is 0.255 e. The highest BCUT2D eigenvalue weighted by Gasteiger charge is 2.44. The van der Waals surface area contributed by atoms with E-state index >= 15 is 0 Å². The number of hydrogen-bond acceptors (Lipinski definition) is 2. The maximum Gasteiger partial charge on any atom is 0.255 e. The molecular weight excluding hydrogens is 398 g/mol. The topological polar surface area (TPSA) is 49.4 Å². The average molecular weight is 420 g/mol. The molecule has 0 aromatic heterocycles. The average Bonchev–Trinajstić information content (AvgIpc) is 3.10. The molecule has 0 fully saturated rings. The summed E-state index contributed by atoms with van der Waals surface area (Å²) in [7, 11) is 0. The summed E-state index contributed by atoms with van der Waals surface area (Å²) in [4.78, 5) is 27.7. The van der Waals surface area contributed by atoms with E-state index in [9.17, 15) is 18.4 Å². The van der Waals surface area contributed by atoms with Gasteiger partial charge in [-0.2, -0.15) is 0 Å². The van der Waals surface area contributed by atoms with Crippen LogP contribution in [0, 0.1) is 5.82 Å². The van der Waals surface area contributed by atoms with E-state index in [0.29, 0.717) is 17.5 Å². The first-order chi connectivity index (χ1) is 15.1. The number of fused-ring (bicyclic) bond motifs is 1. The van der Waals surface area contributed by atoms with Crippen molar-refractivity contribution >= 4 is 11.8 Å². The third-order valence-corrected chi connectivity index (χ3v) is 5.51. The number of rotatable bonds is 7. The van der Waals surface area contributed by atoms with E-state index in [1.165, 1.54) is 17.0 Å². The van der Waals surface area contributed by atoms with E-state index in [4.69, 9.17) is 0 Å². The number of nitrogens with one attached hydrogen (secondary N) is 1. The second kappa shape index (κ2) is 9.08. The van der Waals surface area contributed by atoms with Gasteiger partial charge in [0.15, 0.2) is 0 Å². The van der Waals surface area contributed by atoms with E-state index < -0.39 is 24.7 Å². The number of benzene rings is 3. The largest absolute Gasteiger partial charge is 0.350 e. The molecule has 4 nitrogen and oxygen atoms in total. The highest BCUT2D eigenvalue weighted by molar-refractivity contribution is 6.04. The van der Waals surface area contributed by atoms with Crippen molar-refractivity contribution in [3.8, 4) is 0 Å². The second-order valence-corrected chi connectivity index (χ2v) is 7.54. The van der Waals surface area contributed by atoms with Crippen molar-refractivity contribution in [2.75, 3.05) is 6.67 Å². The van der Waals surface area contributed by atoms with Crippen LogP contribution < -0.4 is 5.32 Å². The van der Waals surface area contributed by atoms with Crippen molar-refractivity contribution in [3.63, 3.8) is 0 Å². The molecule has 2 amide bonds. The molecule has 0 spiro atoms. The van der Waals surface area contributed by atoms with Crippen molar-refractivity contribution in [1.82, 2.24) is 10.2 Å². The lowest BCUT2D eigenvalue weighted by molar-refractivity contribution is -0.126. The Balaban J connectivity index is 1.60. The summed E-state index contributed by atoms with van der Waals surface area (Å²) < 4.78 is 27.3. The molecule has 1 heterocycles. The summed E-state index contributed by atoms with van der Waals surface area (Å²) in [5, 5.41) is 2.82. The molecule has 1 N–H and O–H groups in total. The van der Waals surface area contributed by atoms with Crippen LogP contribution in [0.15, 0.2) is 78.9 Å². The van der Waals surface area contributed by atoms with Gasteiger partial charge in [-0.3, -0.25) is 9.59 Å².